The number of nitrogens with zero attached hydrogens (tertiary/aromatic N) is 4. The number of aromatic nitrogens is 3. The van der Waals surface area contributed by atoms with E-state index in [-0.39, 0.29) is 17.9 Å². The lowest BCUT2D eigenvalue weighted by Crippen LogP contribution is -2.36. The molecule has 2 aromatic rings. The number of hydrogen-bond acceptors (Lipinski definition) is 4. The summed E-state index contributed by atoms with van der Waals surface area (Å²) in [6.45, 7) is 1.94. The highest BCUT2D eigenvalue weighted by molar-refractivity contribution is 5.79. The Hall–Kier alpha value is -2.68. The average molecular weight is 309 g/mol. The number of hydrogen-bond donors (Lipinski definition) is 1. The summed E-state index contributed by atoms with van der Waals surface area (Å²) in [5.74, 6) is -0.00647. The molecule has 6 heteroatoms. The van der Waals surface area contributed by atoms with Crippen molar-refractivity contribution in [1.29, 1.82) is 5.26 Å². The van der Waals surface area contributed by atoms with E-state index in [1.807, 2.05) is 32.2 Å². The minimum atomic E-state index is -0.123. The molecule has 1 N–H and O–H groups in total. The first-order valence-electron chi connectivity index (χ1n) is 7.76. The zero-order valence-corrected chi connectivity index (χ0v) is 13.3. The van der Waals surface area contributed by atoms with Crippen LogP contribution in [0.15, 0.2) is 24.3 Å². The summed E-state index contributed by atoms with van der Waals surface area (Å²) >= 11 is 0. The second kappa shape index (κ2) is 6.21. The second-order valence-electron chi connectivity index (χ2n) is 6.01. The molecule has 1 amide bonds. The van der Waals surface area contributed by atoms with Crippen molar-refractivity contribution in [2.45, 2.75) is 32.2 Å². The number of aryl methyl sites for hydroxylation is 2. The Kier molecular flexibility index (Phi) is 4.11. The maximum Gasteiger partial charge on any atom is 0.223 e. The molecule has 23 heavy (non-hydrogen) atoms. The number of benzene rings is 1. The van der Waals surface area contributed by atoms with E-state index < -0.39 is 0 Å². The minimum absolute atomic E-state index is 0.0479. The van der Waals surface area contributed by atoms with Crippen LogP contribution in [0.4, 0.5) is 0 Å². The average Bonchev–Trinajstić information content (AvgIpc) is 2.95. The summed E-state index contributed by atoms with van der Waals surface area (Å²) in [6, 6.07) is 9.34. The van der Waals surface area contributed by atoms with Gasteiger partial charge in [-0.15, -0.1) is 5.10 Å². The molecule has 0 spiro atoms. The summed E-state index contributed by atoms with van der Waals surface area (Å²) in [6.07, 6.45) is 2.26. The summed E-state index contributed by atoms with van der Waals surface area (Å²) in [5, 5.41) is 20.2. The smallest absolute Gasteiger partial charge is 0.223 e. The molecule has 3 rings (SSSR count). The third kappa shape index (κ3) is 3.09. The molecule has 0 radical (unpaired) electrons. The summed E-state index contributed by atoms with van der Waals surface area (Å²) in [4.78, 5) is 12.6. The van der Waals surface area contributed by atoms with Crippen molar-refractivity contribution in [3.63, 3.8) is 0 Å². The molecular formula is C17H19N5O. The summed E-state index contributed by atoms with van der Waals surface area (Å²) in [5.41, 5.74) is 3.60. The zero-order chi connectivity index (χ0) is 16.4. The van der Waals surface area contributed by atoms with E-state index in [1.54, 1.807) is 10.7 Å². The fraction of sp³-hybridized carbons (Fsp3) is 0.412. The maximum atomic E-state index is 12.6. The lowest BCUT2D eigenvalue weighted by Gasteiger charge is -2.23. The lowest BCUT2D eigenvalue weighted by molar-refractivity contribution is -0.126. The number of nitriles is 1. The van der Waals surface area contributed by atoms with Gasteiger partial charge in [0, 0.05) is 19.4 Å². The van der Waals surface area contributed by atoms with Gasteiger partial charge >= 0.3 is 0 Å². The van der Waals surface area contributed by atoms with E-state index in [2.05, 4.69) is 21.7 Å². The quantitative estimate of drug-likeness (QED) is 0.934. The molecule has 118 valence electrons. The number of carbonyl (C=O) groups excluding carboxylic acids is 1. The van der Waals surface area contributed by atoms with Gasteiger partial charge in [-0.25, -0.2) is 0 Å². The number of carbonyl (C=O) groups is 1. The normalized spacial score (nSPS) is 17.9. The first-order chi connectivity index (χ1) is 11.1. The Morgan fingerprint density at radius 3 is 3.13 bits per heavy atom. The molecule has 0 bridgehead atoms. The molecular weight excluding hydrogens is 290 g/mol. The highest BCUT2D eigenvalue weighted by Gasteiger charge is 2.28. The van der Waals surface area contributed by atoms with Crippen molar-refractivity contribution >= 4 is 5.91 Å². The van der Waals surface area contributed by atoms with Crippen LogP contribution in [0.25, 0.3) is 0 Å². The second-order valence-corrected chi connectivity index (χ2v) is 6.01. The van der Waals surface area contributed by atoms with Crippen molar-refractivity contribution in [1.82, 2.24) is 20.3 Å². The largest absolute Gasteiger partial charge is 0.349 e. The van der Waals surface area contributed by atoms with Gasteiger partial charge in [-0.2, -0.15) is 5.26 Å². The van der Waals surface area contributed by atoms with Crippen molar-refractivity contribution in [2.24, 2.45) is 13.0 Å². The SMILES string of the molecule is CC(NC(=O)C1CCc2nnn(C)c2C1)c1cccc(C#N)c1. The standard InChI is InChI=1S/C17H19N5O/c1-11(13-5-3-4-12(8-13)10-18)19-17(23)14-6-7-15-16(9-14)22(2)21-20-15/h3-5,8,11,14H,6-7,9H2,1-2H3,(H,19,23). The molecule has 1 aromatic carbocycles. The topological polar surface area (TPSA) is 83.6 Å². The van der Waals surface area contributed by atoms with E-state index in [1.165, 1.54) is 0 Å². The molecule has 2 unspecified atom stereocenters. The highest BCUT2D eigenvalue weighted by atomic mass is 16.1. The van der Waals surface area contributed by atoms with Crippen LogP contribution in [-0.2, 0) is 24.7 Å². The van der Waals surface area contributed by atoms with Gasteiger partial charge in [-0.3, -0.25) is 9.48 Å². The van der Waals surface area contributed by atoms with Crippen LogP contribution in [0, 0.1) is 17.2 Å². The van der Waals surface area contributed by atoms with E-state index in [0.29, 0.717) is 12.0 Å². The van der Waals surface area contributed by atoms with Crippen LogP contribution < -0.4 is 5.32 Å². The van der Waals surface area contributed by atoms with Crippen LogP contribution in [0.1, 0.15) is 41.9 Å². The first kappa shape index (κ1) is 15.2. The van der Waals surface area contributed by atoms with Gasteiger partial charge < -0.3 is 5.32 Å². The molecule has 1 aliphatic rings. The van der Waals surface area contributed by atoms with E-state index >= 15 is 0 Å². The first-order valence-corrected chi connectivity index (χ1v) is 7.76. The third-order valence-electron chi connectivity index (χ3n) is 4.44. The lowest BCUT2D eigenvalue weighted by atomic mass is 9.88. The van der Waals surface area contributed by atoms with E-state index in [9.17, 15) is 4.79 Å². The predicted octanol–water partition coefficient (Wildman–Crippen LogP) is 1.67. The van der Waals surface area contributed by atoms with Gasteiger partial charge in [-0.1, -0.05) is 17.3 Å². The molecule has 1 aliphatic carbocycles. The summed E-state index contributed by atoms with van der Waals surface area (Å²) < 4.78 is 1.76. The van der Waals surface area contributed by atoms with Crippen molar-refractivity contribution in [2.75, 3.05) is 0 Å². The molecule has 0 saturated carbocycles. The minimum Gasteiger partial charge on any atom is -0.349 e. The number of rotatable bonds is 3. The Bertz CT molecular complexity index is 774. The molecule has 0 saturated heterocycles. The monoisotopic (exact) mass is 309 g/mol. The van der Waals surface area contributed by atoms with E-state index in [0.717, 1.165) is 29.8 Å². The summed E-state index contributed by atoms with van der Waals surface area (Å²) in [7, 11) is 1.86. The van der Waals surface area contributed by atoms with Gasteiger partial charge in [0.25, 0.3) is 0 Å². The molecule has 6 nitrogen and oxygen atoms in total. The van der Waals surface area contributed by atoms with Crippen LogP contribution in [0.2, 0.25) is 0 Å². The Morgan fingerprint density at radius 2 is 2.35 bits per heavy atom. The number of amides is 1. The fourth-order valence-electron chi connectivity index (χ4n) is 3.03. The predicted molar refractivity (Wildman–Crippen MR) is 84.2 cm³/mol. The molecule has 0 fully saturated rings. The Balaban J connectivity index is 1.67. The van der Waals surface area contributed by atoms with Gasteiger partial charge in [0.1, 0.15) is 0 Å². The van der Waals surface area contributed by atoms with Gasteiger partial charge in [0.15, 0.2) is 0 Å². The van der Waals surface area contributed by atoms with Gasteiger partial charge in [-0.05, 0) is 37.5 Å². The van der Waals surface area contributed by atoms with Crippen LogP contribution in [0.3, 0.4) is 0 Å². The molecule has 1 aromatic heterocycles. The van der Waals surface area contributed by atoms with Crippen molar-refractivity contribution in [3.8, 4) is 6.07 Å². The fourth-order valence-corrected chi connectivity index (χ4v) is 3.03. The van der Waals surface area contributed by atoms with Gasteiger partial charge in [0.2, 0.25) is 5.91 Å². The number of nitrogens with one attached hydrogen (secondary N) is 1. The van der Waals surface area contributed by atoms with Crippen molar-refractivity contribution < 1.29 is 4.79 Å². The van der Waals surface area contributed by atoms with Crippen LogP contribution >= 0.6 is 0 Å². The van der Waals surface area contributed by atoms with Crippen LogP contribution in [-0.4, -0.2) is 20.9 Å². The highest BCUT2D eigenvalue weighted by Crippen LogP contribution is 2.24. The molecule has 0 aliphatic heterocycles. The van der Waals surface area contributed by atoms with Gasteiger partial charge in [0.05, 0.1) is 29.1 Å². The van der Waals surface area contributed by atoms with Crippen LogP contribution in [0.5, 0.6) is 0 Å². The number of fused-ring (bicyclic) bond motifs is 1. The molecule has 2 atom stereocenters. The Morgan fingerprint density at radius 1 is 1.52 bits per heavy atom. The zero-order valence-electron chi connectivity index (χ0n) is 13.3. The molecule has 1 heterocycles. The Labute approximate surface area is 135 Å². The third-order valence-corrected chi connectivity index (χ3v) is 4.44. The maximum absolute atomic E-state index is 12.6. The van der Waals surface area contributed by atoms with E-state index in [4.69, 9.17) is 5.26 Å². The van der Waals surface area contributed by atoms with Crippen molar-refractivity contribution in [3.05, 3.63) is 46.8 Å².